The quantitative estimate of drug-likeness (QED) is 0.441. The van der Waals surface area contributed by atoms with Crippen LogP contribution in [0, 0.1) is 0 Å². The lowest BCUT2D eigenvalue weighted by molar-refractivity contribution is 1.03. The highest BCUT2D eigenvalue weighted by molar-refractivity contribution is 7.67. The van der Waals surface area contributed by atoms with Crippen LogP contribution in [0.2, 0.25) is 0 Å². The molecule has 0 saturated heterocycles. The molecule has 0 spiro atoms. The Labute approximate surface area is 161 Å². The fourth-order valence-corrected chi connectivity index (χ4v) is 6.35. The predicted octanol–water partition coefficient (Wildman–Crippen LogP) is 7.52. The summed E-state index contributed by atoms with van der Waals surface area (Å²) in [4.78, 5) is 0. The summed E-state index contributed by atoms with van der Waals surface area (Å²) in [6, 6.07) is 30.3. The Morgan fingerprint density at radius 2 is 1.11 bits per heavy atom. The van der Waals surface area contributed by atoms with Gasteiger partial charge >= 0.3 is 0 Å². The molecule has 0 fully saturated rings. The summed E-state index contributed by atoms with van der Waals surface area (Å²) in [5, 5.41) is 1.42. The minimum absolute atomic E-state index is 0.729. The standard InChI is InChI=1S/C24H21N2P/c1-4-12-20(13-5-1)25-23-18-10-11-19-24(23)26(21-14-6-2-7-15-21)27(25)22-16-8-3-9-17-22/h1-2,4-8,10-19H,3,9H2. The van der Waals surface area contributed by atoms with Crippen molar-refractivity contribution < 1.29 is 0 Å². The smallest absolute Gasteiger partial charge is 0.138 e. The van der Waals surface area contributed by atoms with Gasteiger partial charge in [-0.15, -0.1) is 0 Å². The van der Waals surface area contributed by atoms with Crippen molar-refractivity contribution in [2.75, 3.05) is 9.34 Å². The van der Waals surface area contributed by atoms with Crippen LogP contribution in [0.15, 0.2) is 108 Å². The van der Waals surface area contributed by atoms with Crippen LogP contribution in [-0.4, -0.2) is 0 Å². The Kier molecular flexibility index (Phi) is 4.27. The fourth-order valence-electron chi connectivity index (χ4n) is 3.73. The lowest BCUT2D eigenvalue weighted by Gasteiger charge is -2.34. The minimum atomic E-state index is -0.729. The molecule has 1 aliphatic heterocycles. The van der Waals surface area contributed by atoms with Gasteiger partial charge in [-0.25, -0.2) is 0 Å². The second-order valence-electron chi connectivity index (χ2n) is 6.68. The molecule has 0 N–H and O–H groups in total. The maximum absolute atomic E-state index is 2.53. The van der Waals surface area contributed by atoms with E-state index < -0.39 is 8.22 Å². The minimum Gasteiger partial charge on any atom is -0.297 e. The molecule has 0 bridgehead atoms. The van der Waals surface area contributed by atoms with Crippen LogP contribution in [0.25, 0.3) is 0 Å². The molecular formula is C24H21N2P. The van der Waals surface area contributed by atoms with Gasteiger partial charge in [0.2, 0.25) is 0 Å². The van der Waals surface area contributed by atoms with Crippen LogP contribution < -0.4 is 9.34 Å². The van der Waals surface area contributed by atoms with E-state index in [-0.39, 0.29) is 0 Å². The van der Waals surface area contributed by atoms with E-state index in [4.69, 9.17) is 0 Å². The van der Waals surface area contributed by atoms with Gasteiger partial charge in [-0.3, -0.25) is 9.34 Å². The van der Waals surface area contributed by atoms with Crippen molar-refractivity contribution in [3.05, 3.63) is 108 Å². The van der Waals surface area contributed by atoms with Gasteiger partial charge in [0.05, 0.1) is 11.4 Å². The second-order valence-corrected chi connectivity index (χ2v) is 8.58. The van der Waals surface area contributed by atoms with E-state index in [2.05, 4.69) is 112 Å². The van der Waals surface area contributed by atoms with Crippen LogP contribution >= 0.6 is 8.22 Å². The van der Waals surface area contributed by atoms with Crippen molar-refractivity contribution in [1.82, 2.24) is 0 Å². The van der Waals surface area contributed by atoms with Crippen molar-refractivity contribution >= 4 is 31.0 Å². The molecule has 0 unspecified atom stereocenters. The molecule has 0 aromatic heterocycles. The van der Waals surface area contributed by atoms with Crippen LogP contribution in [-0.2, 0) is 0 Å². The first-order chi connectivity index (χ1) is 13.4. The van der Waals surface area contributed by atoms with Crippen molar-refractivity contribution in [2.45, 2.75) is 12.8 Å². The first-order valence-corrected chi connectivity index (χ1v) is 10.6. The van der Waals surface area contributed by atoms with Crippen LogP contribution in [0.1, 0.15) is 12.8 Å². The van der Waals surface area contributed by atoms with Gasteiger partial charge in [-0.2, -0.15) is 0 Å². The number of hydrogen-bond acceptors (Lipinski definition) is 2. The van der Waals surface area contributed by atoms with Crippen molar-refractivity contribution in [3.8, 4) is 0 Å². The summed E-state index contributed by atoms with van der Waals surface area (Å²) in [6.45, 7) is 0. The number of allylic oxidation sites excluding steroid dienone is 4. The number of anilines is 4. The normalized spacial score (nSPS) is 16.4. The molecule has 1 heterocycles. The van der Waals surface area contributed by atoms with Crippen molar-refractivity contribution in [1.29, 1.82) is 0 Å². The van der Waals surface area contributed by atoms with Crippen LogP contribution in [0.4, 0.5) is 22.7 Å². The largest absolute Gasteiger partial charge is 0.297 e. The molecule has 1 aliphatic carbocycles. The SMILES string of the molecule is C1=CC(P2N(c3ccccc3)c3ccccc3N2c2ccccc2)=CCC1. The predicted molar refractivity (Wildman–Crippen MR) is 117 cm³/mol. The summed E-state index contributed by atoms with van der Waals surface area (Å²) in [7, 11) is -0.729. The van der Waals surface area contributed by atoms with Crippen LogP contribution in [0.3, 0.4) is 0 Å². The number of para-hydroxylation sites is 4. The molecule has 3 heteroatoms. The number of hydrogen-bond donors (Lipinski definition) is 0. The lowest BCUT2D eigenvalue weighted by atomic mass is 10.2. The van der Waals surface area contributed by atoms with E-state index in [1.165, 1.54) is 28.1 Å². The molecule has 3 aromatic rings. The van der Waals surface area contributed by atoms with Crippen molar-refractivity contribution in [2.24, 2.45) is 0 Å². The molecule has 27 heavy (non-hydrogen) atoms. The zero-order valence-corrected chi connectivity index (χ0v) is 16.0. The van der Waals surface area contributed by atoms with Gasteiger partial charge < -0.3 is 0 Å². The van der Waals surface area contributed by atoms with E-state index in [0.29, 0.717) is 0 Å². The molecule has 5 rings (SSSR count). The Morgan fingerprint density at radius 3 is 1.59 bits per heavy atom. The molecular weight excluding hydrogens is 347 g/mol. The molecule has 0 radical (unpaired) electrons. The Balaban J connectivity index is 1.74. The number of rotatable bonds is 3. The third-order valence-electron chi connectivity index (χ3n) is 4.92. The van der Waals surface area contributed by atoms with Crippen molar-refractivity contribution in [3.63, 3.8) is 0 Å². The molecule has 2 aliphatic rings. The number of fused-ring (bicyclic) bond motifs is 1. The van der Waals surface area contributed by atoms with Gasteiger partial charge in [-0.1, -0.05) is 66.8 Å². The van der Waals surface area contributed by atoms with Gasteiger partial charge in [0, 0.05) is 16.7 Å². The molecule has 0 saturated carbocycles. The second kappa shape index (κ2) is 7.06. The maximum atomic E-state index is 2.53. The Morgan fingerprint density at radius 1 is 0.593 bits per heavy atom. The van der Waals surface area contributed by atoms with E-state index in [1.807, 2.05) is 0 Å². The summed E-state index contributed by atoms with van der Waals surface area (Å²) >= 11 is 0. The molecule has 3 aromatic carbocycles. The number of nitrogens with zero attached hydrogens (tertiary/aromatic N) is 2. The monoisotopic (exact) mass is 368 g/mol. The van der Waals surface area contributed by atoms with E-state index in [9.17, 15) is 0 Å². The zero-order chi connectivity index (χ0) is 18.1. The molecule has 2 nitrogen and oxygen atoms in total. The Bertz CT molecular complexity index is 929. The highest BCUT2D eigenvalue weighted by Crippen LogP contribution is 2.69. The van der Waals surface area contributed by atoms with E-state index in [1.54, 1.807) is 0 Å². The average molecular weight is 368 g/mol. The Hall–Kier alpha value is -2.83. The number of benzene rings is 3. The summed E-state index contributed by atoms with van der Waals surface area (Å²) in [5.74, 6) is 0. The summed E-state index contributed by atoms with van der Waals surface area (Å²) < 4.78 is 5.05. The third kappa shape index (κ3) is 2.87. The first kappa shape index (κ1) is 16.4. The fraction of sp³-hybridized carbons (Fsp3) is 0.0833. The maximum Gasteiger partial charge on any atom is 0.138 e. The zero-order valence-electron chi connectivity index (χ0n) is 15.1. The highest BCUT2D eigenvalue weighted by Gasteiger charge is 2.39. The lowest BCUT2D eigenvalue weighted by Crippen LogP contribution is -2.15. The average Bonchev–Trinajstić information content (AvgIpc) is 3.11. The molecule has 0 atom stereocenters. The molecule has 132 valence electrons. The summed E-state index contributed by atoms with van der Waals surface area (Å²) in [6.07, 6.45) is 9.31. The third-order valence-corrected chi connectivity index (χ3v) is 7.37. The van der Waals surface area contributed by atoms with E-state index in [0.717, 1.165) is 12.8 Å². The van der Waals surface area contributed by atoms with E-state index >= 15 is 0 Å². The topological polar surface area (TPSA) is 6.48 Å². The highest BCUT2D eigenvalue weighted by atomic mass is 31.1. The van der Waals surface area contributed by atoms with Gasteiger partial charge in [-0.05, 0) is 49.2 Å². The summed E-state index contributed by atoms with van der Waals surface area (Å²) in [5.41, 5.74) is 5.04. The van der Waals surface area contributed by atoms with Crippen LogP contribution in [0.5, 0.6) is 0 Å². The van der Waals surface area contributed by atoms with Gasteiger partial charge in [0.15, 0.2) is 0 Å². The van der Waals surface area contributed by atoms with Gasteiger partial charge in [0.25, 0.3) is 0 Å². The van der Waals surface area contributed by atoms with Gasteiger partial charge in [0.1, 0.15) is 8.22 Å². The first-order valence-electron chi connectivity index (χ1n) is 9.39. The molecule has 0 amide bonds.